The molecule has 4 N–H and O–H groups in total. The first-order chi connectivity index (χ1) is 16.8. The van der Waals surface area contributed by atoms with Gasteiger partial charge in [0.05, 0.1) is 13.2 Å². The van der Waals surface area contributed by atoms with Crippen LogP contribution in [0.1, 0.15) is 58.6 Å². The number of aliphatic hydroxyl groups is 1. The van der Waals surface area contributed by atoms with Gasteiger partial charge in [-0.05, 0) is 61.5 Å². The molecule has 1 amide bonds. The SMILES string of the molecule is CC(C)C1=CC2=CCC3C(C(=O)Nc4ccn([C@@H]5CO[C@H](CO)O5)c(=O)n4)CCCC3C2(N)CC1. The minimum atomic E-state index is -0.752. The van der Waals surface area contributed by atoms with Crippen molar-refractivity contribution in [2.75, 3.05) is 18.5 Å². The van der Waals surface area contributed by atoms with Gasteiger partial charge in [0.25, 0.3) is 0 Å². The van der Waals surface area contributed by atoms with Gasteiger partial charge in [0, 0.05) is 17.7 Å². The maximum atomic E-state index is 13.4. The number of anilines is 1. The smallest absolute Gasteiger partial charge is 0.351 e. The molecule has 9 nitrogen and oxygen atoms in total. The van der Waals surface area contributed by atoms with Gasteiger partial charge in [0.2, 0.25) is 5.91 Å². The number of ether oxygens (including phenoxy) is 2. The van der Waals surface area contributed by atoms with Gasteiger partial charge in [0.15, 0.2) is 12.5 Å². The van der Waals surface area contributed by atoms with E-state index in [0.29, 0.717) is 5.92 Å². The van der Waals surface area contributed by atoms with Gasteiger partial charge in [-0.15, -0.1) is 0 Å². The molecule has 1 aliphatic heterocycles. The average molecular weight is 485 g/mol. The van der Waals surface area contributed by atoms with Crippen LogP contribution >= 0.6 is 0 Å². The first-order valence-electron chi connectivity index (χ1n) is 12.8. The summed E-state index contributed by atoms with van der Waals surface area (Å²) in [5.74, 6) is 0.953. The summed E-state index contributed by atoms with van der Waals surface area (Å²) in [7, 11) is 0. The third-order valence-corrected chi connectivity index (χ3v) is 8.39. The van der Waals surface area contributed by atoms with Crippen LogP contribution in [0.25, 0.3) is 0 Å². The predicted molar refractivity (Wildman–Crippen MR) is 130 cm³/mol. The maximum Gasteiger partial charge on any atom is 0.351 e. The lowest BCUT2D eigenvalue weighted by atomic mass is 9.55. The fourth-order valence-electron chi connectivity index (χ4n) is 6.43. The number of aromatic nitrogens is 2. The molecular weight excluding hydrogens is 448 g/mol. The number of hydrogen-bond donors (Lipinski definition) is 3. The molecule has 35 heavy (non-hydrogen) atoms. The molecule has 1 saturated carbocycles. The van der Waals surface area contributed by atoms with Gasteiger partial charge in [-0.1, -0.05) is 38.0 Å². The average Bonchev–Trinajstić information content (AvgIpc) is 3.32. The molecule has 1 saturated heterocycles. The number of nitrogens with two attached hydrogens (primary N) is 1. The molecule has 0 radical (unpaired) electrons. The van der Waals surface area contributed by atoms with Crippen LogP contribution in [0.5, 0.6) is 0 Å². The number of allylic oxidation sites excluding steroid dienone is 2. The second-order valence-corrected chi connectivity index (χ2v) is 10.6. The standard InChI is InChI=1S/C26H36N4O5/c1-15(2)16-8-10-26(27)17(12-16)6-7-18-19(4-3-5-20(18)26)24(32)28-21-9-11-30(25(33)29-21)22-14-34-23(13-31)35-22/h6,9,11-12,15,18-20,22-23,31H,3-5,7-8,10,13-14,27H2,1-2H3,(H,28,29,32,33)/t18?,19?,20?,22-,23-,26?/m0/s1. The molecule has 0 aromatic carbocycles. The number of rotatable bonds is 5. The van der Waals surface area contributed by atoms with E-state index in [0.717, 1.165) is 38.5 Å². The summed E-state index contributed by atoms with van der Waals surface area (Å²) in [6.07, 6.45) is 10.3. The lowest BCUT2D eigenvalue weighted by Crippen LogP contribution is -2.57. The van der Waals surface area contributed by atoms with Crippen LogP contribution in [0, 0.1) is 23.7 Å². The largest absolute Gasteiger partial charge is 0.391 e. The highest BCUT2D eigenvalue weighted by Crippen LogP contribution is 2.52. The van der Waals surface area contributed by atoms with Crippen molar-refractivity contribution >= 4 is 11.7 Å². The van der Waals surface area contributed by atoms with Crippen molar-refractivity contribution in [2.24, 2.45) is 29.4 Å². The highest BCUT2D eigenvalue weighted by molar-refractivity contribution is 5.92. The zero-order valence-electron chi connectivity index (χ0n) is 20.5. The Bertz CT molecular complexity index is 1100. The number of nitrogens with one attached hydrogen (secondary N) is 1. The summed E-state index contributed by atoms with van der Waals surface area (Å²) in [4.78, 5) is 30.0. The molecular formula is C26H36N4O5. The van der Waals surface area contributed by atoms with Crippen LogP contribution < -0.4 is 16.7 Å². The summed E-state index contributed by atoms with van der Waals surface area (Å²) >= 11 is 0. The molecule has 9 heteroatoms. The molecule has 1 aromatic heterocycles. The first kappa shape index (κ1) is 24.4. The summed E-state index contributed by atoms with van der Waals surface area (Å²) in [5, 5.41) is 12.0. The Kier molecular flexibility index (Phi) is 6.69. The second kappa shape index (κ2) is 9.61. The molecule has 6 atom stereocenters. The number of amides is 1. The van der Waals surface area contributed by atoms with Gasteiger partial charge < -0.3 is 25.6 Å². The minimum absolute atomic E-state index is 0.0974. The van der Waals surface area contributed by atoms with Crippen molar-refractivity contribution in [3.8, 4) is 0 Å². The Morgan fingerprint density at radius 3 is 2.94 bits per heavy atom. The van der Waals surface area contributed by atoms with Crippen molar-refractivity contribution in [3.63, 3.8) is 0 Å². The van der Waals surface area contributed by atoms with Crippen molar-refractivity contribution in [2.45, 2.75) is 70.4 Å². The van der Waals surface area contributed by atoms with Crippen LogP contribution in [-0.2, 0) is 14.3 Å². The first-order valence-corrected chi connectivity index (χ1v) is 12.8. The minimum Gasteiger partial charge on any atom is -0.391 e. The Hall–Kier alpha value is -2.33. The van der Waals surface area contributed by atoms with E-state index in [1.807, 2.05) is 0 Å². The van der Waals surface area contributed by atoms with Gasteiger partial charge in [0.1, 0.15) is 5.82 Å². The van der Waals surface area contributed by atoms with Crippen molar-refractivity contribution in [3.05, 3.63) is 46.0 Å². The van der Waals surface area contributed by atoms with Gasteiger partial charge >= 0.3 is 5.69 Å². The molecule has 0 bridgehead atoms. The molecule has 2 fully saturated rings. The van der Waals surface area contributed by atoms with E-state index >= 15 is 0 Å². The third-order valence-electron chi connectivity index (χ3n) is 8.39. The molecule has 190 valence electrons. The summed E-state index contributed by atoms with van der Waals surface area (Å²) in [5.41, 5.74) is 8.88. The van der Waals surface area contributed by atoms with E-state index in [1.54, 1.807) is 6.07 Å². The number of fused-ring (bicyclic) bond motifs is 3. The van der Waals surface area contributed by atoms with E-state index < -0.39 is 18.2 Å². The van der Waals surface area contributed by atoms with E-state index in [9.17, 15) is 9.59 Å². The van der Waals surface area contributed by atoms with Crippen molar-refractivity contribution in [1.82, 2.24) is 9.55 Å². The topological polar surface area (TPSA) is 129 Å². The Morgan fingerprint density at radius 1 is 1.40 bits per heavy atom. The quantitative estimate of drug-likeness (QED) is 0.586. The van der Waals surface area contributed by atoms with Crippen LogP contribution in [0.4, 0.5) is 5.82 Å². The highest BCUT2D eigenvalue weighted by atomic mass is 16.7. The third kappa shape index (κ3) is 4.50. The highest BCUT2D eigenvalue weighted by Gasteiger charge is 2.50. The van der Waals surface area contributed by atoms with Gasteiger partial charge in [-0.3, -0.25) is 9.36 Å². The maximum absolute atomic E-state index is 13.4. The summed E-state index contributed by atoms with van der Waals surface area (Å²) in [6.45, 7) is 4.32. The van der Waals surface area contributed by atoms with Crippen LogP contribution in [0.15, 0.2) is 40.4 Å². The summed E-state index contributed by atoms with van der Waals surface area (Å²) in [6, 6.07) is 1.60. The predicted octanol–water partition coefficient (Wildman–Crippen LogP) is 2.48. The monoisotopic (exact) mass is 484 g/mol. The van der Waals surface area contributed by atoms with Crippen LogP contribution in [-0.4, -0.2) is 45.6 Å². The number of aliphatic hydroxyl groups excluding tert-OH is 1. The van der Waals surface area contributed by atoms with Crippen LogP contribution in [0.3, 0.4) is 0 Å². The van der Waals surface area contributed by atoms with Gasteiger partial charge in [-0.2, -0.15) is 4.98 Å². The fourth-order valence-corrected chi connectivity index (χ4v) is 6.43. The van der Waals surface area contributed by atoms with Crippen LogP contribution in [0.2, 0.25) is 0 Å². The fraction of sp³-hybridized carbons (Fsp3) is 0.654. The lowest BCUT2D eigenvalue weighted by molar-refractivity contribution is -0.124. The number of hydrogen-bond acceptors (Lipinski definition) is 7. The molecule has 5 rings (SSSR count). The zero-order valence-corrected chi connectivity index (χ0v) is 20.5. The lowest BCUT2D eigenvalue weighted by Gasteiger charge is -2.52. The molecule has 2 heterocycles. The summed E-state index contributed by atoms with van der Waals surface area (Å²) < 4.78 is 12.0. The Balaban J connectivity index is 1.30. The van der Waals surface area contributed by atoms with E-state index in [2.05, 4.69) is 36.3 Å². The van der Waals surface area contributed by atoms with Crippen molar-refractivity contribution < 1.29 is 19.4 Å². The zero-order chi connectivity index (χ0) is 24.7. The van der Waals surface area contributed by atoms with Gasteiger partial charge in [-0.25, -0.2) is 4.79 Å². The molecule has 4 aliphatic rings. The number of carbonyl (C=O) groups is 1. The molecule has 0 spiro atoms. The normalized spacial score (nSPS) is 34.6. The molecule has 4 unspecified atom stereocenters. The van der Waals surface area contributed by atoms with E-state index in [1.165, 1.54) is 21.9 Å². The van der Waals surface area contributed by atoms with E-state index in [-0.39, 0.29) is 48.2 Å². The second-order valence-electron chi connectivity index (χ2n) is 10.6. The Labute approximate surface area is 205 Å². The number of carbonyl (C=O) groups excluding carboxylic acids is 1. The van der Waals surface area contributed by atoms with Crippen molar-refractivity contribution in [1.29, 1.82) is 0 Å². The number of nitrogens with zero attached hydrogens (tertiary/aromatic N) is 2. The van der Waals surface area contributed by atoms with E-state index in [4.69, 9.17) is 20.3 Å². The molecule has 1 aromatic rings. The Morgan fingerprint density at radius 2 is 2.23 bits per heavy atom. The molecule has 3 aliphatic carbocycles.